The summed E-state index contributed by atoms with van der Waals surface area (Å²) < 4.78 is 6.51. The van der Waals surface area contributed by atoms with Gasteiger partial charge >= 0.3 is 0 Å². The molecule has 1 aromatic carbocycles. The van der Waals surface area contributed by atoms with Gasteiger partial charge in [0.15, 0.2) is 17.3 Å². The Morgan fingerprint density at radius 3 is 2.79 bits per heavy atom. The Morgan fingerprint density at radius 2 is 2.11 bits per heavy atom. The average Bonchev–Trinajstić information content (AvgIpc) is 2.93. The third-order valence-corrected chi connectivity index (χ3v) is 2.74. The second-order valence-electron chi connectivity index (χ2n) is 4.17. The molecule has 0 aliphatic heterocycles. The highest BCUT2D eigenvalue weighted by atomic mass is 16.6. The number of benzene rings is 1. The molecule has 7 heteroatoms. The summed E-state index contributed by atoms with van der Waals surface area (Å²) in [5.74, 6) is 0.755. The zero-order valence-corrected chi connectivity index (χ0v) is 10.1. The Morgan fingerprint density at radius 1 is 1.32 bits per heavy atom. The van der Waals surface area contributed by atoms with Crippen LogP contribution in [0, 0.1) is 0 Å². The molecule has 19 heavy (non-hydrogen) atoms. The number of allylic oxidation sites excluding steroid dienone is 1. The van der Waals surface area contributed by atoms with Crippen molar-refractivity contribution in [2.45, 2.75) is 6.54 Å². The molecule has 2 aromatic heterocycles. The molecule has 3 rings (SSSR count). The van der Waals surface area contributed by atoms with Crippen LogP contribution in [0.3, 0.4) is 0 Å². The number of fused-ring (bicyclic) bond motifs is 1. The van der Waals surface area contributed by atoms with E-state index in [1.807, 2.05) is 28.8 Å². The molecule has 0 atom stereocenters. The van der Waals surface area contributed by atoms with Gasteiger partial charge in [-0.05, 0) is 22.4 Å². The second kappa shape index (κ2) is 4.13. The third-order valence-electron chi connectivity index (χ3n) is 2.74. The molecule has 0 amide bonds. The van der Waals surface area contributed by atoms with Crippen molar-refractivity contribution >= 4 is 16.9 Å². The van der Waals surface area contributed by atoms with E-state index in [4.69, 9.17) is 11.5 Å². The highest BCUT2D eigenvalue weighted by Gasteiger charge is 2.18. The molecule has 96 valence electrons. The number of aromatic nitrogens is 4. The summed E-state index contributed by atoms with van der Waals surface area (Å²) in [6, 6.07) is 7.68. The summed E-state index contributed by atoms with van der Waals surface area (Å²) in [6.45, 7) is 4.14. The van der Waals surface area contributed by atoms with Crippen LogP contribution >= 0.6 is 0 Å². The van der Waals surface area contributed by atoms with Gasteiger partial charge in [-0.2, -0.15) is 0 Å². The van der Waals surface area contributed by atoms with Crippen molar-refractivity contribution < 1.29 is 4.63 Å². The smallest absolute Gasteiger partial charge is 0.199 e. The molecule has 0 saturated carbocycles. The van der Waals surface area contributed by atoms with Crippen LogP contribution in [0.15, 0.2) is 41.2 Å². The quantitative estimate of drug-likeness (QED) is 0.727. The first-order chi connectivity index (χ1) is 9.16. The number of rotatable bonds is 3. The predicted octanol–water partition coefficient (Wildman–Crippen LogP) is 1.14. The van der Waals surface area contributed by atoms with Gasteiger partial charge in [-0.1, -0.05) is 18.7 Å². The van der Waals surface area contributed by atoms with Crippen molar-refractivity contribution in [2.75, 3.05) is 5.73 Å². The normalized spacial score (nSPS) is 10.9. The van der Waals surface area contributed by atoms with Crippen LogP contribution < -0.4 is 11.5 Å². The van der Waals surface area contributed by atoms with E-state index in [0.717, 1.165) is 11.0 Å². The van der Waals surface area contributed by atoms with Crippen LogP contribution in [0.1, 0.15) is 0 Å². The van der Waals surface area contributed by atoms with Gasteiger partial charge in [0.2, 0.25) is 0 Å². The molecule has 3 aromatic rings. The fraction of sp³-hybridized carbons (Fsp3) is 0.0833. The number of nitrogen functional groups attached to an aromatic ring is 1. The lowest BCUT2D eigenvalue weighted by molar-refractivity contribution is 0.310. The van der Waals surface area contributed by atoms with Crippen LogP contribution in [0.5, 0.6) is 0 Å². The highest BCUT2D eigenvalue weighted by molar-refractivity contribution is 5.81. The van der Waals surface area contributed by atoms with E-state index < -0.39 is 0 Å². The predicted molar refractivity (Wildman–Crippen MR) is 70.8 cm³/mol. The first-order valence-corrected chi connectivity index (χ1v) is 5.63. The highest BCUT2D eigenvalue weighted by Crippen LogP contribution is 2.26. The van der Waals surface area contributed by atoms with E-state index in [9.17, 15) is 0 Å². The molecule has 0 fully saturated rings. The zero-order chi connectivity index (χ0) is 13.4. The molecule has 0 unspecified atom stereocenters. The van der Waals surface area contributed by atoms with E-state index in [1.165, 1.54) is 0 Å². The molecule has 2 heterocycles. The molecule has 4 N–H and O–H groups in total. The van der Waals surface area contributed by atoms with E-state index in [-0.39, 0.29) is 5.82 Å². The Kier molecular flexibility index (Phi) is 2.45. The van der Waals surface area contributed by atoms with Gasteiger partial charge in [-0.15, -0.1) is 0 Å². The maximum Gasteiger partial charge on any atom is 0.199 e. The minimum Gasteiger partial charge on any atom is -0.401 e. The molecule has 0 saturated heterocycles. The summed E-state index contributed by atoms with van der Waals surface area (Å²) in [5, 5.41) is 7.35. The molecule has 0 aliphatic carbocycles. The van der Waals surface area contributed by atoms with Crippen LogP contribution in [0.4, 0.5) is 5.82 Å². The van der Waals surface area contributed by atoms with Gasteiger partial charge in [-0.3, -0.25) is 0 Å². The van der Waals surface area contributed by atoms with Gasteiger partial charge in [0, 0.05) is 5.70 Å². The SMILES string of the molecule is C=C(N)Cn1c(-c2nonc2N)nc2ccccc21. The van der Waals surface area contributed by atoms with Crippen molar-refractivity contribution in [3.63, 3.8) is 0 Å². The summed E-state index contributed by atoms with van der Waals surface area (Å²) in [4.78, 5) is 4.49. The third kappa shape index (κ3) is 1.81. The lowest BCUT2D eigenvalue weighted by Crippen LogP contribution is -2.08. The minimum atomic E-state index is 0.194. The standard InChI is InChI=1S/C12H12N6O/c1-7(13)6-18-9-5-3-2-4-8(9)15-12(18)10-11(14)17-19-16-10/h2-5H,1,6,13H2,(H2,14,17). The van der Waals surface area contributed by atoms with Crippen molar-refractivity contribution in [3.8, 4) is 11.5 Å². The van der Waals surface area contributed by atoms with Crippen LogP contribution in [-0.2, 0) is 6.54 Å². The monoisotopic (exact) mass is 256 g/mol. The van der Waals surface area contributed by atoms with Crippen LogP contribution in [-0.4, -0.2) is 19.9 Å². The summed E-state index contributed by atoms with van der Waals surface area (Å²) in [5.41, 5.74) is 14.1. The molecule has 7 nitrogen and oxygen atoms in total. The van der Waals surface area contributed by atoms with E-state index in [0.29, 0.717) is 23.8 Å². The van der Waals surface area contributed by atoms with Gasteiger partial charge in [-0.25, -0.2) is 9.61 Å². The number of para-hydroxylation sites is 2. The summed E-state index contributed by atoms with van der Waals surface area (Å²) in [6.07, 6.45) is 0. The lowest BCUT2D eigenvalue weighted by Gasteiger charge is -2.06. The number of hydrogen-bond donors (Lipinski definition) is 2. The Balaban J connectivity index is 2.28. The maximum absolute atomic E-state index is 5.72. The van der Waals surface area contributed by atoms with Gasteiger partial charge in [0.05, 0.1) is 17.6 Å². The first-order valence-electron chi connectivity index (χ1n) is 5.63. The van der Waals surface area contributed by atoms with Gasteiger partial charge < -0.3 is 16.0 Å². The molecular formula is C12H12N6O. The molecular weight excluding hydrogens is 244 g/mol. The van der Waals surface area contributed by atoms with E-state index in [2.05, 4.69) is 26.5 Å². The molecule has 0 aliphatic rings. The summed E-state index contributed by atoms with van der Waals surface area (Å²) in [7, 11) is 0. The van der Waals surface area contributed by atoms with Crippen molar-refractivity contribution in [2.24, 2.45) is 5.73 Å². The molecule has 0 radical (unpaired) electrons. The van der Waals surface area contributed by atoms with Crippen LogP contribution in [0.25, 0.3) is 22.6 Å². The Labute approximate surface area is 108 Å². The fourth-order valence-electron chi connectivity index (χ4n) is 1.97. The lowest BCUT2D eigenvalue weighted by atomic mass is 10.3. The first kappa shape index (κ1) is 11.3. The number of nitrogens with zero attached hydrogens (tertiary/aromatic N) is 4. The van der Waals surface area contributed by atoms with Crippen molar-refractivity contribution in [1.29, 1.82) is 0 Å². The number of imidazole rings is 1. The largest absolute Gasteiger partial charge is 0.401 e. The van der Waals surface area contributed by atoms with Gasteiger partial charge in [0.1, 0.15) is 0 Å². The second-order valence-corrected chi connectivity index (χ2v) is 4.17. The Hall–Kier alpha value is -2.83. The molecule has 0 spiro atoms. The zero-order valence-electron chi connectivity index (χ0n) is 10.1. The molecule has 0 bridgehead atoms. The summed E-state index contributed by atoms with van der Waals surface area (Å²) >= 11 is 0. The number of nitrogens with two attached hydrogens (primary N) is 2. The topological polar surface area (TPSA) is 109 Å². The maximum atomic E-state index is 5.72. The number of anilines is 1. The van der Waals surface area contributed by atoms with Gasteiger partial charge in [0.25, 0.3) is 0 Å². The minimum absolute atomic E-state index is 0.194. The van der Waals surface area contributed by atoms with E-state index in [1.54, 1.807) is 0 Å². The van der Waals surface area contributed by atoms with Crippen molar-refractivity contribution in [3.05, 3.63) is 36.5 Å². The fourth-order valence-corrected chi connectivity index (χ4v) is 1.97. The Bertz CT molecular complexity index is 757. The average molecular weight is 256 g/mol. The van der Waals surface area contributed by atoms with Crippen molar-refractivity contribution in [1.82, 2.24) is 19.9 Å². The van der Waals surface area contributed by atoms with Crippen LogP contribution in [0.2, 0.25) is 0 Å². The number of hydrogen-bond acceptors (Lipinski definition) is 6. The van der Waals surface area contributed by atoms with E-state index >= 15 is 0 Å².